The van der Waals surface area contributed by atoms with Crippen LogP contribution >= 0.6 is 23.2 Å². The molecule has 145 heavy (non-hydrogen) atoms. The van der Waals surface area contributed by atoms with Crippen molar-refractivity contribution in [2.75, 3.05) is 59.1 Å². The number of carbonyl (C=O) groups is 9. The molecule has 0 aliphatic carbocycles. The van der Waals surface area contributed by atoms with Gasteiger partial charge in [-0.15, -0.1) is 0 Å². The van der Waals surface area contributed by atoms with E-state index in [-0.39, 0.29) is 63.9 Å². The summed E-state index contributed by atoms with van der Waals surface area (Å²) in [7, 11) is 0. The number of rotatable bonds is 23. The fourth-order valence-electron chi connectivity index (χ4n) is 18.7. The molecule has 0 saturated carbocycles. The minimum Gasteiger partial charge on any atom is -0.508 e. The Hall–Kier alpha value is -12.1. The topological polar surface area (TPSA) is 669 Å². The molecule has 17 rings (SSSR count). The molecule has 0 unspecified atom stereocenters. The van der Waals surface area contributed by atoms with Gasteiger partial charge in [-0.05, 0) is 195 Å². The van der Waals surface area contributed by atoms with Crippen molar-refractivity contribution in [3.05, 3.63) is 164 Å². The zero-order valence-corrected chi connectivity index (χ0v) is 80.6. The number of unbranched alkanes of at least 4 members (excludes halogenated alkanes) is 3. The average Bonchev–Trinajstić information content (AvgIpc) is 0.816. The number of phenols is 4. The molecule has 7 aromatic carbocycles. The molecule has 23 atom stereocenters. The molecule has 10 heterocycles. The first kappa shape index (κ1) is 107. The number of aromatic hydroxyl groups is 4. The number of nitrogens with zero attached hydrogens (tertiary/aromatic N) is 1. The molecule has 10 aliphatic heterocycles. The second-order valence-electron chi connectivity index (χ2n) is 37.5. The van der Waals surface area contributed by atoms with E-state index in [9.17, 15) is 85.9 Å². The smallest absolute Gasteiger partial charge is 0.248 e. The lowest BCUT2D eigenvalue weighted by Crippen LogP contribution is -2.65. The zero-order valence-electron chi connectivity index (χ0n) is 79.1. The molecular weight excluding hydrogens is 1940 g/mol. The van der Waals surface area contributed by atoms with Crippen molar-refractivity contribution < 1.29 is 157 Å². The standard InChI is InChI=1S/C99H120Cl2N12O32/c1-44(2)13-6-4-5-7-14-71(122)107-79-85(127)82(124)69(42-115)142-98(79)145-89-66-36-51-37-67(89)139-63-22-18-49(34-58(63)101)88(144-97-78(105-45(3)117)84(126)81(123)68(41-114)141-97)80-96(136)111-77(92(132)104-25-12-28-113-26-10-8-23-103-24-9-11-27-113)56-39-53(119)40-65(140-99-87(129)86(128)83(125)70(43-116)143-99)72(56)55-33-48(17-19-60(55)120)74(93(133)112-80)109-95(135)76(51)110-94(134)75-50-31-52(118)38-54(32-50)137-64-35-47(16-20-61(64)121)73(102)91(131)106-59(90(130)108-75)30-46-15-21-62(138-66)57(100)29-46/h15-22,29,31-40,44,59,68-70,73-88,97-99,103,114-116,118-121,123-129H,4-14,23-28,30,41-43,102H2,1-3H3,(H,104,132)(H,105,117)(H,106,131)(H,107,122)(H,108,130)(H,109,135)(H,110,134)(H,111,136)(H,112,133)/t59-,68+,69+,70-,73-,74-,75+,76-,77+,78+,79+,80+,81-,82-,83-,84-,85-,86-,87+,88-,97+,98+,99+/m1/s1. The highest BCUT2D eigenvalue weighted by molar-refractivity contribution is 6.32. The number of aliphatic hydroxyl groups excluding tert-OH is 10. The summed E-state index contributed by atoms with van der Waals surface area (Å²) >= 11 is 14.9. The van der Waals surface area contributed by atoms with E-state index in [1.807, 2.05) is 0 Å². The van der Waals surface area contributed by atoms with Crippen LogP contribution in [0.3, 0.4) is 0 Å². The lowest BCUT2D eigenvalue weighted by atomic mass is 9.89. The highest BCUT2D eigenvalue weighted by atomic mass is 35.5. The van der Waals surface area contributed by atoms with Gasteiger partial charge in [0.05, 0.1) is 29.9 Å². The Balaban J connectivity index is 0.981. The summed E-state index contributed by atoms with van der Waals surface area (Å²) in [5, 5.41) is 189. The normalized spacial score (nSPS) is 28.5. The molecule has 0 spiro atoms. The summed E-state index contributed by atoms with van der Waals surface area (Å²) in [4.78, 5) is 145. The van der Waals surface area contributed by atoms with E-state index < -0.39 is 304 Å². The molecule has 7 aromatic rings. The third kappa shape index (κ3) is 25.1. The summed E-state index contributed by atoms with van der Waals surface area (Å²) in [6.45, 7) is 5.36. The van der Waals surface area contributed by atoms with E-state index in [1.165, 1.54) is 36.4 Å². The Morgan fingerprint density at radius 2 is 1.08 bits per heavy atom. The summed E-state index contributed by atoms with van der Waals surface area (Å²) < 4.78 is 58.6. The van der Waals surface area contributed by atoms with Crippen LogP contribution in [0.2, 0.25) is 10.0 Å². The number of phenolic OH excluding ortho intramolecular Hbond substituents is 4. The number of aliphatic hydroxyl groups is 10. The third-order valence-electron chi connectivity index (χ3n) is 26.5. The Morgan fingerprint density at radius 3 is 1.73 bits per heavy atom. The van der Waals surface area contributed by atoms with Gasteiger partial charge in [-0.25, -0.2) is 0 Å². The minimum atomic E-state index is -2.52. The number of nitrogens with one attached hydrogen (secondary N) is 10. The van der Waals surface area contributed by atoms with Crippen molar-refractivity contribution >= 4 is 76.4 Å². The van der Waals surface area contributed by atoms with Crippen molar-refractivity contribution in [3.8, 4) is 80.1 Å². The molecular formula is C99H120Cl2N12O32. The number of hydrogen-bond acceptors (Lipinski definition) is 35. The third-order valence-corrected chi connectivity index (χ3v) is 27.1. The Kier molecular flexibility index (Phi) is 35.1. The number of benzene rings is 7. The molecule has 0 aromatic heterocycles. The van der Waals surface area contributed by atoms with Crippen LogP contribution in [0.4, 0.5) is 0 Å². The van der Waals surface area contributed by atoms with Crippen LogP contribution in [0.1, 0.15) is 167 Å². The molecule has 44 nitrogen and oxygen atoms in total. The van der Waals surface area contributed by atoms with Gasteiger partial charge < -0.3 is 178 Å². The van der Waals surface area contributed by atoms with Crippen LogP contribution in [0, 0.1) is 5.92 Å². The molecule has 9 amide bonds. The summed E-state index contributed by atoms with van der Waals surface area (Å²) in [5.74, 6) is -17.5. The number of halogens is 2. The van der Waals surface area contributed by atoms with Gasteiger partial charge in [0.1, 0.15) is 162 Å². The first-order valence-corrected chi connectivity index (χ1v) is 48.7. The van der Waals surface area contributed by atoms with Gasteiger partial charge in [0.2, 0.25) is 71.5 Å². The number of amides is 9. The molecule has 17 bridgehead atoms. The molecule has 0 radical (unpaired) electrons. The second-order valence-corrected chi connectivity index (χ2v) is 38.3. The van der Waals surface area contributed by atoms with E-state index in [1.54, 1.807) is 0 Å². The Bertz CT molecular complexity index is 5880. The van der Waals surface area contributed by atoms with Gasteiger partial charge in [-0.3, -0.25) is 43.2 Å². The highest BCUT2D eigenvalue weighted by Crippen LogP contribution is 2.51. The number of ether oxygens (including phenoxy) is 9. The van der Waals surface area contributed by atoms with Crippen LogP contribution in [0.25, 0.3) is 11.1 Å². The van der Waals surface area contributed by atoms with Gasteiger partial charge in [0.25, 0.3) is 0 Å². The van der Waals surface area contributed by atoms with Gasteiger partial charge in [0.15, 0.2) is 29.3 Å². The van der Waals surface area contributed by atoms with Crippen molar-refractivity contribution in [3.63, 3.8) is 0 Å². The van der Waals surface area contributed by atoms with Crippen molar-refractivity contribution in [1.82, 2.24) is 58.1 Å². The lowest BCUT2D eigenvalue weighted by Gasteiger charge is -2.44. The zero-order chi connectivity index (χ0) is 104. The predicted molar refractivity (Wildman–Crippen MR) is 511 cm³/mol. The monoisotopic (exact) mass is 2060 g/mol. The second kappa shape index (κ2) is 47.6. The van der Waals surface area contributed by atoms with Crippen LogP contribution in [-0.2, 0) is 68.5 Å². The van der Waals surface area contributed by atoms with Gasteiger partial charge in [0, 0.05) is 49.6 Å². The summed E-state index contributed by atoms with van der Waals surface area (Å²) in [6.07, 6.45) is -21.9. The molecule has 4 fully saturated rings. The molecule has 782 valence electrons. The van der Waals surface area contributed by atoms with E-state index in [0.29, 0.717) is 38.4 Å². The number of fused-ring (bicyclic) bond motifs is 14. The minimum absolute atomic E-state index is 0.0351. The van der Waals surface area contributed by atoms with E-state index in [2.05, 4.69) is 71.9 Å². The van der Waals surface area contributed by atoms with Gasteiger partial charge >= 0.3 is 0 Å². The lowest BCUT2D eigenvalue weighted by molar-refractivity contribution is -0.284. The SMILES string of the molecule is CC(=O)N[C@@H]1[C@H](O[C@@H]2c3ccc(c(Cl)c3)Oc3cc4cc(c3O[C@@H]3O[C@@H](CO)[C@@H](O)[C@H](O)[C@@H]3NC(=O)CCCCCCC(C)C)Oc3ccc(cc3Cl)C[C@H]3NC(=O)[C@H](N)c5ccc(O)c(c5)Oc5cc(O)cc(c5)[C@H](NC3=O)C(=O)N[C@H]4C(=O)N[C@H]3C(=O)N[C@@H]2C(=O)N[C@H](C(=O)NCCCN2CCCCNCCCC2)c2cc(O)cc(O[C@H]4O[C@H](CO)[C@@H](O)[C@@H](O)[C@@H]4O)c2-c2cc3ccc2O)O[C@@H](CO)[C@@H](O)[C@@H]1O. The van der Waals surface area contributed by atoms with Crippen LogP contribution < -0.4 is 82.6 Å². The van der Waals surface area contributed by atoms with E-state index in [4.69, 9.17) is 71.6 Å². The van der Waals surface area contributed by atoms with Crippen LogP contribution in [0.15, 0.2) is 115 Å². The Labute approximate surface area is 840 Å². The molecule has 46 heteroatoms. The van der Waals surface area contributed by atoms with Crippen LogP contribution in [0.5, 0.6) is 69.0 Å². The maximum absolute atomic E-state index is 17.3. The van der Waals surface area contributed by atoms with Crippen molar-refractivity contribution in [1.29, 1.82) is 0 Å². The average molecular weight is 2060 g/mol. The summed E-state index contributed by atoms with van der Waals surface area (Å²) in [6, 6.07) is 2.15. The van der Waals surface area contributed by atoms with Crippen molar-refractivity contribution in [2.24, 2.45) is 11.7 Å². The largest absolute Gasteiger partial charge is 0.508 e. The number of carbonyl (C=O) groups excluding carboxylic acids is 9. The quantitative estimate of drug-likeness (QED) is 0.0407. The summed E-state index contributed by atoms with van der Waals surface area (Å²) in [5.41, 5.74) is 3.51. The van der Waals surface area contributed by atoms with E-state index in [0.717, 1.165) is 144 Å². The molecule has 10 aliphatic rings. The predicted octanol–water partition coefficient (Wildman–Crippen LogP) is 1.91. The maximum atomic E-state index is 17.3. The maximum Gasteiger partial charge on any atom is 0.248 e. The first-order chi connectivity index (χ1) is 69.4. The van der Waals surface area contributed by atoms with Crippen molar-refractivity contribution in [2.45, 2.75) is 238 Å². The van der Waals surface area contributed by atoms with Crippen LogP contribution in [-0.4, -0.2) is 293 Å². The van der Waals surface area contributed by atoms with E-state index >= 15 is 28.8 Å². The molecule has 26 N–H and O–H groups in total. The number of nitrogens with two attached hydrogens (primary N) is 1. The molecule has 4 saturated heterocycles. The fraction of sp³-hybridized carbons (Fsp3) is 0.485. The Morgan fingerprint density at radius 1 is 0.510 bits per heavy atom. The number of hydrogen-bond donors (Lipinski definition) is 25. The first-order valence-electron chi connectivity index (χ1n) is 48.0. The highest BCUT2D eigenvalue weighted by Gasteiger charge is 2.53. The van der Waals surface area contributed by atoms with Gasteiger partial charge in [-0.2, -0.15) is 0 Å². The van der Waals surface area contributed by atoms with Gasteiger partial charge in [-0.1, -0.05) is 87.0 Å². The fourth-order valence-corrected chi connectivity index (χ4v) is 19.2.